The van der Waals surface area contributed by atoms with Gasteiger partial charge in [-0.2, -0.15) is 5.10 Å². The lowest BCUT2D eigenvalue weighted by Crippen LogP contribution is -2.13. The van der Waals surface area contributed by atoms with Crippen LogP contribution in [-0.2, 0) is 0 Å². The van der Waals surface area contributed by atoms with Crippen LogP contribution in [0.5, 0.6) is 0 Å². The summed E-state index contributed by atoms with van der Waals surface area (Å²) in [7, 11) is 0. The Kier molecular flexibility index (Phi) is 2.82. The Bertz CT molecular complexity index is 525. The van der Waals surface area contributed by atoms with E-state index in [1.165, 1.54) is 6.20 Å². The number of nitrogen functional groups attached to an aromatic ring is 1. The van der Waals surface area contributed by atoms with Crippen molar-refractivity contribution < 1.29 is 4.42 Å². The summed E-state index contributed by atoms with van der Waals surface area (Å²) in [5.41, 5.74) is 5.91. The van der Waals surface area contributed by atoms with Crippen molar-refractivity contribution in [2.24, 2.45) is 5.73 Å². The van der Waals surface area contributed by atoms with Crippen LogP contribution in [0.1, 0.15) is 11.5 Å². The SMILES string of the molecule is Cc1nnc(Sc2nnccc2C(=N)N)o1. The van der Waals surface area contributed by atoms with E-state index >= 15 is 0 Å². The summed E-state index contributed by atoms with van der Waals surface area (Å²) in [5.74, 6) is 0.393. The molecule has 0 radical (unpaired) electrons. The van der Waals surface area contributed by atoms with Crippen LogP contribution in [0.4, 0.5) is 0 Å². The van der Waals surface area contributed by atoms with Gasteiger partial charge < -0.3 is 10.2 Å². The van der Waals surface area contributed by atoms with Gasteiger partial charge in [-0.15, -0.1) is 15.3 Å². The minimum atomic E-state index is -0.0753. The second-order valence-electron chi connectivity index (χ2n) is 2.85. The number of nitrogens with zero attached hydrogens (tertiary/aromatic N) is 4. The highest BCUT2D eigenvalue weighted by atomic mass is 32.2. The lowest BCUT2D eigenvalue weighted by molar-refractivity contribution is 0.429. The minimum Gasteiger partial charge on any atom is -0.416 e. The molecular formula is C8H8N6OS. The van der Waals surface area contributed by atoms with Crippen molar-refractivity contribution in [1.82, 2.24) is 20.4 Å². The van der Waals surface area contributed by atoms with E-state index < -0.39 is 0 Å². The first-order chi connectivity index (χ1) is 7.66. The molecule has 0 aliphatic carbocycles. The molecule has 0 fully saturated rings. The van der Waals surface area contributed by atoms with Crippen LogP contribution in [0.25, 0.3) is 0 Å². The second-order valence-corrected chi connectivity index (χ2v) is 3.79. The Labute approximate surface area is 95.0 Å². The van der Waals surface area contributed by atoms with Crippen molar-refractivity contribution in [2.45, 2.75) is 17.2 Å². The number of nitrogens with two attached hydrogens (primary N) is 1. The zero-order valence-electron chi connectivity index (χ0n) is 8.34. The summed E-state index contributed by atoms with van der Waals surface area (Å²) in [6, 6.07) is 1.61. The van der Waals surface area contributed by atoms with Crippen molar-refractivity contribution in [3.8, 4) is 0 Å². The van der Waals surface area contributed by atoms with Crippen LogP contribution in [0.2, 0.25) is 0 Å². The lowest BCUT2D eigenvalue weighted by atomic mass is 10.3. The third-order valence-corrected chi connectivity index (χ3v) is 2.50. The molecule has 0 amide bonds. The molecule has 0 bridgehead atoms. The average Bonchev–Trinajstić information content (AvgIpc) is 2.64. The van der Waals surface area contributed by atoms with Crippen LogP contribution in [-0.4, -0.2) is 26.2 Å². The monoisotopic (exact) mass is 236 g/mol. The van der Waals surface area contributed by atoms with Gasteiger partial charge >= 0.3 is 0 Å². The normalized spacial score (nSPS) is 10.3. The smallest absolute Gasteiger partial charge is 0.283 e. The Morgan fingerprint density at radius 3 is 2.88 bits per heavy atom. The Balaban J connectivity index is 2.31. The van der Waals surface area contributed by atoms with Crippen molar-refractivity contribution in [3.05, 3.63) is 23.7 Å². The van der Waals surface area contributed by atoms with Gasteiger partial charge in [0, 0.05) is 6.92 Å². The predicted molar refractivity (Wildman–Crippen MR) is 56.2 cm³/mol. The van der Waals surface area contributed by atoms with Crippen molar-refractivity contribution in [3.63, 3.8) is 0 Å². The number of aryl methyl sites for hydroxylation is 1. The van der Waals surface area contributed by atoms with E-state index in [0.29, 0.717) is 21.7 Å². The third-order valence-electron chi connectivity index (χ3n) is 1.67. The zero-order chi connectivity index (χ0) is 11.5. The molecule has 3 N–H and O–H groups in total. The van der Waals surface area contributed by atoms with Gasteiger partial charge in [0.1, 0.15) is 10.9 Å². The predicted octanol–water partition coefficient (Wildman–Crippen LogP) is 0.603. The van der Waals surface area contributed by atoms with Gasteiger partial charge in [0.15, 0.2) is 0 Å². The molecule has 2 aromatic rings. The molecule has 16 heavy (non-hydrogen) atoms. The van der Waals surface area contributed by atoms with E-state index in [4.69, 9.17) is 15.6 Å². The first-order valence-electron chi connectivity index (χ1n) is 4.31. The van der Waals surface area contributed by atoms with E-state index in [1.54, 1.807) is 13.0 Å². The number of aromatic nitrogens is 4. The molecule has 2 heterocycles. The van der Waals surface area contributed by atoms with E-state index in [1.807, 2.05) is 0 Å². The van der Waals surface area contributed by atoms with Crippen LogP contribution in [0.3, 0.4) is 0 Å². The fourth-order valence-electron chi connectivity index (χ4n) is 1.00. The minimum absolute atomic E-state index is 0.0753. The summed E-state index contributed by atoms with van der Waals surface area (Å²) in [6.07, 6.45) is 1.47. The second kappa shape index (κ2) is 4.27. The highest BCUT2D eigenvalue weighted by molar-refractivity contribution is 7.99. The summed E-state index contributed by atoms with van der Waals surface area (Å²) in [6.45, 7) is 1.69. The summed E-state index contributed by atoms with van der Waals surface area (Å²) in [4.78, 5) is 0. The van der Waals surface area contributed by atoms with Gasteiger partial charge in [0.05, 0.1) is 11.8 Å². The van der Waals surface area contributed by atoms with Gasteiger partial charge in [-0.3, -0.25) is 5.41 Å². The Morgan fingerprint density at radius 1 is 1.44 bits per heavy atom. The van der Waals surface area contributed by atoms with Crippen LogP contribution >= 0.6 is 11.8 Å². The van der Waals surface area contributed by atoms with E-state index in [9.17, 15) is 0 Å². The average molecular weight is 236 g/mol. The van der Waals surface area contributed by atoms with Crippen molar-refractivity contribution in [2.75, 3.05) is 0 Å². The molecule has 2 aromatic heterocycles. The molecule has 0 aromatic carbocycles. The first-order valence-corrected chi connectivity index (χ1v) is 5.12. The number of hydrogen-bond acceptors (Lipinski definition) is 7. The summed E-state index contributed by atoms with van der Waals surface area (Å²) < 4.78 is 5.18. The Hall–Kier alpha value is -1.96. The van der Waals surface area contributed by atoms with E-state index in [2.05, 4.69) is 20.4 Å². The summed E-state index contributed by atoms with van der Waals surface area (Å²) >= 11 is 1.13. The van der Waals surface area contributed by atoms with E-state index in [0.717, 1.165) is 11.8 Å². The molecule has 8 heteroatoms. The maximum Gasteiger partial charge on any atom is 0.283 e. The molecule has 82 valence electrons. The number of hydrogen-bond donors (Lipinski definition) is 2. The molecule has 2 rings (SSSR count). The maximum atomic E-state index is 7.38. The fourth-order valence-corrected chi connectivity index (χ4v) is 1.79. The topological polar surface area (TPSA) is 115 Å². The fraction of sp³-hybridized carbons (Fsp3) is 0.125. The van der Waals surface area contributed by atoms with Gasteiger partial charge in [-0.05, 0) is 17.8 Å². The van der Waals surface area contributed by atoms with Gasteiger partial charge in [0.2, 0.25) is 5.89 Å². The van der Waals surface area contributed by atoms with Gasteiger partial charge in [0.25, 0.3) is 5.22 Å². The molecule has 0 spiro atoms. The van der Waals surface area contributed by atoms with Gasteiger partial charge in [-0.1, -0.05) is 0 Å². The molecule has 0 unspecified atom stereocenters. The lowest BCUT2D eigenvalue weighted by Gasteiger charge is -2.01. The molecule has 0 aliphatic rings. The van der Waals surface area contributed by atoms with Crippen LogP contribution < -0.4 is 5.73 Å². The zero-order valence-corrected chi connectivity index (χ0v) is 9.15. The Morgan fingerprint density at radius 2 is 2.25 bits per heavy atom. The quantitative estimate of drug-likeness (QED) is 0.592. The molecule has 0 saturated carbocycles. The molecular weight excluding hydrogens is 228 g/mol. The van der Waals surface area contributed by atoms with Crippen LogP contribution in [0.15, 0.2) is 26.9 Å². The van der Waals surface area contributed by atoms with Gasteiger partial charge in [-0.25, -0.2) is 0 Å². The molecule has 0 saturated heterocycles. The van der Waals surface area contributed by atoms with Crippen LogP contribution in [0, 0.1) is 12.3 Å². The number of amidine groups is 1. The number of nitrogens with one attached hydrogen (secondary N) is 1. The van der Waals surface area contributed by atoms with Crippen molar-refractivity contribution >= 4 is 17.6 Å². The number of rotatable bonds is 3. The van der Waals surface area contributed by atoms with Crippen molar-refractivity contribution in [1.29, 1.82) is 5.41 Å². The van der Waals surface area contributed by atoms with E-state index in [-0.39, 0.29) is 5.84 Å². The molecule has 7 nitrogen and oxygen atoms in total. The maximum absolute atomic E-state index is 7.38. The first kappa shape index (κ1) is 10.6. The highest BCUT2D eigenvalue weighted by Crippen LogP contribution is 2.26. The molecule has 0 aliphatic heterocycles. The third kappa shape index (κ3) is 2.16. The standard InChI is InChI=1S/C8H8N6OS/c1-4-12-14-8(15-4)16-7-5(6(9)10)2-3-11-13-7/h2-3H,1H3,(H3,9,10). The highest BCUT2D eigenvalue weighted by Gasteiger charge is 2.12. The largest absolute Gasteiger partial charge is 0.416 e. The summed E-state index contributed by atoms with van der Waals surface area (Å²) in [5, 5.41) is 23.3. The molecule has 0 atom stereocenters.